The van der Waals surface area contributed by atoms with Crippen LogP contribution in [-0.4, -0.2) is 37.7 Å². The second-order valence-corrected chi connectivity index (χ2v) is 5.68. The monoisotopic (exact) mass is 290 g/mol. The third-order valence-electron chi connectivity index (χ3n) is 4.39. The van der Waals surface area contributed by atoms with Gasteiger partial charge in [-0.3, -0.25) is 4.79 Å². The lowest BCUT2D eigenvalue weighted by Crippen LogP contribution is -2.47. The smallest absolute Gasteiger partial charge is 0.237 e. The van der Waals surface area contributed by atoms with Gasteiger partial charge >= 0.3 is 0 Å². The summed E-state index contributed by atoms with van der Waals surface area (Å²) in [7, 11) is 1.68. The van der Waals surface area contributed by atoms with Gasteiger partial charge < -0.3 is 15.4 Å². The Morgan fingerprint density at radius 2 is 2.16 bits per heavy atom. The number of hydrogen-bond donors (Lipinski definition) is 2. The van der Waals surface area contributed by atoms with Crippen LogP contribution >= 0.6 is 12.4 Å². The minimum absolute atomic E-state index is 0. The zero-order valence-corrected chi connectivity index (χ0v) is 12.8. The summed E-state index contributed by atoms with van der Waals surface area (Å²) in [6.45, 7) is 2.67. The maximum absolute atomic E-state index is 12.2. The van der Waals surface area contributed by atoms with Crippen LogP contribution in [0.3, 0.4) is 0 Å². The molecule has 1 heterocycles. The van der Waals surface area contributed by atoms with Crippen LogP contribution in [-0.2, 0) is 9.53 Å². The van der Waals surface area contributed by atoms with E-state index < -0.39 is 0 Å². The third-order valence-corrected chi connectivity index (χ3v) is 4.39. The Hall–Kier alpha value is -0.320. The molecule has 1 amide bonds. The molecule has 0 aromatic rings. The van der Waals surface area contributed by atoms with E-state index in [0.29, 0.717) is 12.6 Å². The van der Waals surface area contributed by atoms with Crippen molar-refractivity contribution in [2.24, 2.45) is 5.92 Å². The van der Waals surface area contributed by atoms with E-state index in [-0.39, 0.29) is 30.4 Å². The molecular formula is C14H27ClN2O2. The fourth-order valence-electron chi connectivity index (χ4n) is 3.29. The first-order valence-corrected chi connectivity index (χ1v) is 7.30. The number of methoxy groups -OCH3 is 1. The third kappa shape index (κ3) is 4.33. The SMILES string of the molecule is CCC(COC)NC(=O)C1CC2CCCCC2N1.Cl. The first kappa shape index (κ1) is 16.7. The predicted octanol–water partition coefficient (Wildman–Crippen LogP) is 1.87. The molecule has 1 aliphatic heterocycles. The molecule has 2 aliphatic rings. The minimum Gasteiger partial charge on any atom is -0.383 e. The zero-order valence-electron chi connectivity index (χ0n) is 12.0. The Kier molecular flexibility index (Phi) is 7.11. The van der Waals surface area contributed by atoms with E-state index in [1.807, 2.05) is 0 Å². The Morgan fingerprint density at radius 3 is 2.79 bits per heavy atom. The van der Waals surface area contributed by atoms with Gasteiger partial charge in [-0.15, -0.1) is 12.4 Å². The number of carbonyl (C=O) groups is 1. The fourth-order valence-corrected chi connectivity index (χ4v) is 3.29. The number of amides is 1. The van der Waals surface area contributed by atoms with Gasteiger partial charge in [0.05, 0.1) is 18.7 Å². The average Bonchev–Trinajstić information content (AvgIpc) is 2.82. The average molecular weight is 291 g/mol. The van der Waals surface area contributed by atoms with Crippen molar-refractivity contribution in [3.05, 3.63) is 0 Å². The highest BCUT2D eigenvalue weighted by molar-refractivity contribution is 5.85. The highest BCUT2D eigenvalue weighted by atomic mass is 35.5. The molecule has 0 spiro atoms. The molecule has 1 saturated heterocycles. The van der Waals surface area contributed by atoms with Crippen molar-refractivity contribution in [1.29, 1.82) is 0 Å². The summed E-state index contributed by atoms with van der Waals surface area (Å²) in [5.41, 5.74) is 0. The lowest BCUT2D eigenvalue weighted by molar-refractivity contribution is -0.124. The zero-order chi connectivity index (χ0) is 13.0. The number of halogens is 1. The predicted molar refractivity (Wildman–Crippen MR) is 78.6 cm³/mol. The lowest BCUT2D eigenvalue weighted by atomic mass is 9.85. The lowest BCUT2D eigenvalue weighted by Gasteiger charge is -2.24. The number of fused-ring (bicyclic) bond motifs is 1. The maximum atomic E-state index is 12.2. The van der Waals surface area contributed by atoms with Crippen molar-refractivity contribution in [2.75, 3.05) is 13.7 Å². The van der Waals surface area contributed by atoms with Crippen molar-refractivity contribution in [3.63, 3.8) is 0 Å². The highest BCUT2D eigenvalue weighted by Crippen LogP contribution is 2.33. The molecule has 0 bridgehead atoms. The fraction of sp³-hybridized carbons (Fsp3) is 0.929. The molecule has 1 aliphatic carbocycles. The molecule has 1 saturated carbocycles. The second-order valence-electron chi connectivity index (χ2n) is 5.68. The maximum Gasteiger partial charge on any atom is 0.237 e. The van der Waals surface area contributed by atoms with Crippen molar-refractivity contribution in [1.82, 2.24) is 10.6 Å². The molecule has 4 nitrogen and oxygen atoms in total. The van der Waals surface area contributed by atoms with Crippen molar-refractivity contribution >= 4 is 18.3 Å². The number of rotatable bonds is 5. The molecule has 0 radical (unpaired) electrons. The molecule has 19 heavy (non-hydrogen) atoms. The number of hydrogen-bond acceptors (Lipinski definition) is 3. The van der Waals surface area contributed by atoms with Crippen molar-refractivity contribution < 1.29 is 9.53 Å². The summed E-state index contributed by atoms with van der Waals surface area (Å²) < 4.78 is 5.12. The second kappa shape index (κ2) is 8.08. The molecule has 2 N–H and O–H groups in total. The van der Waals surface area contributed by atoms with Gasteiger partial charge in [-0.1, -0.05) is 19.8 Å². The Morgan fingerprint density at radius 1 is 1.42 bits per heavy atom. The molecular weight excluding hydrogens is 264 g/mol. The van der Waals surface area contributed by atoms with Crippen LogP contribution in [0, 0.1) is 5.92 Å². The van der Waals surface area contributed by atoms with E-state index in [9.17, 15) is 4.79 Å². The number of carbonyl (C=O) groups excluding carboxylic acids is 1. The molecule has 0 aromatic carbocycles. The summed E-state index contributed by atoms with van der Waals surface area (Å²) in [6.07, 6.45) is 7.10. The largest absolute Gasteiger partial charge is 0.383 e. The van der Waals surface area contributed by atoms with Crippen molar-refractivity contribution in [3.8, 4) is 0 Å². The van der Waals surface area contributed by atoms with Crippen molar-refractivity contribution in [2.45, 2.75) is 63.6 Å². The van der Waals surface area contributed by atoms with Crippen LogP contribution in [0.15, 0.2) is 0 Å². The van der Waals surface area contributed by atoms with Gasteiger partial charge in [0.2, 0.25) is 5.91 Å². The highest BCUT2D eigenvalue weighted by Gasteiger charge is 2.38. The van der Waals surface area contributed by atoms with Crippen LogP contribution in [0.25, 0.3) is 0 Å². The number of nitrogens with one attached hydrogen (secondary N) is 2. The Bertz CT molecular complexity index is 275. The molecule has 2 rings (SSSR count). The van der Waals surface area contributed by atoms with Gasteiger partial charge in [0.1, 0.15) is 0 Å². The van der Waals surface area contributed by atoms with Crippen LogP contribution in [0.5, 0.6) is 0 Å². The van der Waals surface area contributed by atoms with Crippen LogP contribution < -0.4 is 10.6 Å². The molecule has 4 atom stereocenters. The first-order chi connectivity index (χ1) is 8.74. The van der Waals surface area contributed by atoms with Gasteiger partial charge in [0.25, 0.3) is 0 Å². The van der Waals surface area contributed by atoms with Gasteiger partial charge in [0, 0.05) is 13.2 Å². The standard InChI is InChI=1S/C14H26N2O2.ClH/c1-3-11(9-18-2)15-14(17)13-8-10-6-4-5-7-12(10)16-13;/h10-13,16H,3-9H2,1-2H3,(H,15,17);1H. The Balaban J connectivity index is 0.00000180. The molecule has 4 unspecified atom stereocenters. The summed E-state index contributed by atoms with van der Waals surface area (Å²) in [5.74, 6) is 0.880. The van der Waals surface area contributed by atoms with Gasteiger partial charge in [-0.25, -0.2) is 0 Å². The van der Waals surface area contributed by atoms with Gasteiger partial charge in [-0.05, 0) is 31.6 Å². The van der Waals surface area contributed by atoms with E-state index in [4.69, 9.17) is 4.74 Å². The van der Waals surface area contributed by atoms with Gasteiger partial charge in [0.15, 0.2) is 0 Å². The van der Waals surface area contributed by atoms with E-state index in [1.54, 1.807) is 7.11 Å². The minimum atomic E-state index is 0. The van der Waals surface area contributed by atoms with Gasteiger partial charge in [-0.2, -0.15) is 0 Å². The quantitative estimate of drug-likeness (QED) is 0.813. The molecule has 2 fully saturated rings. The topological polar surface area (TPSA) is 50.4 Å². The van der Waals surface area contributed by atoms with Crippen LogP contribution in [0.1, 0.15) is 45.4 Å². The molecule has 0 aromatic heterocycles. The number of ether oxygens (including phenoxy) is 1. The van der Waals surface area contributed by atoms with E-state index in [2.05, 4.69) is 17.6 Å². The normalized spacial score (nSPS) is 31.2. The summed E-state index contributed by atoms with van der Waals surface area (Å²) in [4.78, 5) is 12.2. The first-order valence-electron chi connectivity index (χ1n) is 7.30. The summed E-state index contributed by atoms with van der Waals surface area (Å²) in [6, 6.07) is 0.743. The van der Waals surface area contributed by atoms with E-state index in [0.717, 1.165) is 18.8 Å². The van der Waals surface area contributed by atoms with Crippen LogP contribution in [0.4, 0.5) is 0 Å². The molecule has 112 valence electrons. The Labute approximate surface area is 122 Å². The van der Waals surface area contributed by atoms with E-state index in [1.165, 1.54) is 25.7 Å². The summed E-state index contributed by atoms with van der Waals surface area (Å²) in [5, 5.41) is 6.60. The molecule has 5 heteroatoms. The van der Waals surface area contributed by atoms with E-state index >= 15 is 0 Å². The van der Waals surface area contributed by atoms with Crippen LogP contribution in [0.2, 0.25) is 0 Å². The summed E-state index contributed by atoms with van der Waals surface area (Å²) >= 11 is 0.